The van der Waals surface area contributed by atoms with Crippen LogP contribution in [0.1, 0.15) is 31.9 Å². The molecule has 0 bridgehead atoms. The van der Waals surface area contributed by atoms with Gasteiger partial charge in [0.25, 0.3) is 0 Å². The Labute approximate surface area is 207 Å². The number of para-hydroxylation sites is 1. The number of aromatic nitrogens is 1. The molecule has 1 aromatic heterocycles. The fourth-order valence-corrected chi connectivity index (χ4v) is 3.39. The predicted molar refractivity (Wildman–Crippen MR) is 131 cm³/mol. The number of fused-ring (bicyclic) bond motifs is 1. The van der Waals surface area contributed by atoms with E-state index >= 15 is 0 Å². The van der Waals surface area contributed by atoms with Gasteiger partial charge >= 0.3 is 18.4 Å². The molecule has 0 saturated carbocycles. The highest BCUT2D eigenvalue weighted by Crippen LogP contribution is 2.39. The van der Waals surface area contributed by atoms with E-state index in [-0.39, 0.29) is 37.0 Å². The molecule has 2 aromatic carbocycles. The number of hydrogen-bond acceptors (Lipinski definition) is 9. The molecule has 10 heteroatoms. The number of nitrogens with zero attached hydrogens (tertiary/aromatic N) is 1. The molecule has 0 N–H and O–H groups in total. The third-order valence-corrected chi connectivity index (χ3v) is 4.84. The molecule has 190 valence electrons. The fourth-order valence-electron chi connectivity index (χ4n) is 3.39. The Hall–Kier alpha value is -4.47. The van der Waals surface area contributed by atoms with Crippen LogP contribution in [0.2, 0.25) is 0 Å². The molecule has 0 radical (unpaired) electrons. The first-order valence-electron chi connectivity index (χ1n) is 11.3. The van der Waals surface area contributed by atoms with Crippen molar-refractivity contribution in [1.82, 2.24) is 4.57 Å². The number of carbonyl (C=O) groups excluding carboxylic acids is 3. The molecule has 36 heavy (non-hydrogen) atoms. The van der Waals surface area contributed by atoms with E-state index in [1.54, 1.807) is 82.5 Å². The van der Waals surface area contributed by atoms with E-state index in [4.69, 9.17) is 28.4 Å². The van der Waals surface area contributed by atoms with E-state index in [0.717, 1.165) is 4.57 Å². The molecular formula is C26H27NO9. The maximum atomic E-state index is 13.0. The summed E-state index contributed by atoms with van der Waals surface area (Å²) in [4.78, 5) is 37.7. The van der Waals surface area contributed by atoms with E-state index in [2.05, 4.69) is 0 Å². The minimum Gasteiger partial charge on any atom is -0.497 e. The van der Waals surface area contributed by atoms with Gasteiger partial charge in [-0.05, 0) is 50.6 Å². The van der Waals surface area contributed by atoms with Gasteiger partial charge in [-0.25, -0.2) is 19.0 Å². The third kappa shape index (κ3) is 5.96. The number of carbonyl (C=O) groups is 3. The second kappa shape index (κ2) is 12.3. The van der Waals surface area contributed by atoms with E-state index in [0.29, 0.717) is 22.2 Å². The highest BCUT2D eigenvalue weighted by atomic mass is 16.7. The summed E-state index contributed by atoms with van der Waals surface area (Å²) in [6, 6.07) is 13.7. The maximum absolute atomic E-state index is 13.0. The summed E-state index contributed by atoms with van der Waals surface area (Å²) in [5.74, 6) is 0.361. The minimum absolute atomic E-state index is 0.0304. The summed E-state index contributed by atoms with van der Waals surface area (Å²) in [6.45, 7) is 5.09. The predicted octanol–water partition coefficient (Wildman–Crippen LogP) is 5.86. The number of rotatable bonds is 8. The van der Waals surface area contributed by atoms with Crippen LogP contribution in [-0.4, -0.2) is 49.9 Å². The second-order valence-electron chi connectivity index (χ2n) is 7.08. The van der Waals surface area contributed by atoms with Gasteiger partial charge in [-0.1, -0.05) is 30.3 Å². The summed E-state index contributed by atoms with van der Waals surface area (Å²) >= 11 is 0. The maximum Gasteiger partial charge on any atom is 0.515 e. The molecule has 0 aliphatic rings. The molecule has 10 nitrogen and oxygen atoms in total. The molecule has 0 aliphatic heterocycles. The minimum atomic E-state index is -1.05. The van der Waals surface area contributed by atoms with Crippen LogP contribution in [0.15, 0.2) is 48.5 Å². The zero-order valence-electron chi connectivity index (χ0n) is 20.4. The van der Waals surface area contributed by atoms with Crippen LogP contribution >= 0.6 is 0 Å². The van der Waals surface area contributed by atoms with Crippen molar-refractivity contribution >= 4 is 41.1 Å². The lowest BCUT2D eigenvalue weighted by molar-refractivity contribution is 0.0951. The van der Waals surface area contributed by atoms with Crippen LogP contribution in [0.3, 0.4) is 0 Å². The van der Waals surface area contributed by atoms with Gasteiger partial charge in [0, 0.05) is 5.39 Å². The molecule has 0 spiro atoms. The zero-order valence-corrected chi connectivity index (χ0v) is 20.4. The van der Waals surface area contributed by atoms with Crippen molar-refractivity contribution in [3.63, 3.8) is 0 Å². The molecule has 0 unspecified atom stereocenters. The van der Waals surface area contributed by atoms with Crippen molar-refractivity contribution in [3.05, 3.63) is 59.7 Å². The van der Waals surface area contributed by atoms with E-state index in [1.165, 1.54) is 0 Å². The van der Waals surface area contributed by atoms with Gasteiger partial charge in [0.15, 0.2) is 0 Å². The monoisotopic (exact) mass is 497 g/mol. The Morgan fingerprint density at radius 1 is 0.833 bits per heavy atom. The first-order chi connectivity index (χ1) is 17.4. The van der Waals surface area contributed by atoms with Gasteiger partial charge in [-0.3, -0.25) is 0 Å². The van der Waals surface area contributed by atoms with Crippen LogP contribution in [-0.2, 0) is 18.9 Å². The molecule has 0 aliphatic carbocycles. The Balaban J connectivity index is 2.31. The Bertz CT molecular complexity index is 1260. The van der Waals surface area contributed by atoms with Crippen LogP contribution < -0.4 is 9.47 Å². The molecule has 0 atom stereocenters. The SMILES string of the molecule is CCOC(=O)O/C(=C\c1ccc(OC)cc1)c1c(OC(=O)OCC)n(C(=O)OCC)c2ccccc12. The second-order valence-corrected chi connectivity index (χ2v) is 7.08. The molecule has 0 saturated heterocycles. The van der Waals surface area contributed by atoms with Gasteiger partial charge in [0.2, 0.25) is 5.88 Å². The average molecular weight is 498 g/mol. The van der Waals surface area contributed by atoms with Crippen LogP contribution in [0.4, 0.5) is 14.4 Å². The van der Waals surface area contributed by atoms with Gasteiger partial charge in [-0.15, -0.1) is 0 Å². The Morgan fingerprint density at radius 3 is 2.11 bits per heavy atom. The summed E-state index contributed by atoms with van der Waals surface area (Å²) in [7, 11) is 1.55. The number of hydrogen-bond donors (Lipinski definition) is 0. The smallest absolute Gasteiger partial charge is 0.497 e. The molecular weight excluding hydrogens is 470 g/mol. The number of ether oxygens (including phenoxy) is 6. The standard InChI is InChI=1S/C26H27NO9/c1-5-32-24(28)27-20-11-9-8-10-19(20)22(23(27)36-26(30)34-7-3)21(35-25(29)33-6-2)16-17-12-14-18(31-4)15-13-17/h8-16H,5-7H2,1-4H3/b21-16-. The van der Waals surface area contributed by atoms with E-state index in [1.807, 2.05) is 0 Å². The average Bonchev–Trinajstić information content (AvgIpc) is 3.18. The lowest BCUT2D eigenvalue weighted by atomic mass is 10.1. The van der Waals surface area contributed by atoms with E-state index in [9.17, 15) is 14.4 Å². The van der Waals surface area contributed by atoms with Gasteiger partial charge in [0.05, 0.1) is 38.0 Å². The topological polar surface area (TPSA) is 112 Å². The lowest BCUT2D eigenvalue weighted by Crippen LogP contribution is -2.19. The zero-order chi connectivity index (χ0) is 26.1. The number of methoxy groups -OCH3 is 1. The van der Waals surface area contributed by atoms with Gasteiger partial charge < -0.3 is 28.4 Å². The van der Waals surface area contributed by atoms with Crippen LogP contribution in [0.25, 0.3) is 22.7 Å². The first-order valence-corrected chi connectivity index (χ1v) is 11.3. The quantitative estimate of drug-likeness (QED) is 0.214. The largest absolute Gasteiger partial charge is 0.515 e. The van der Waals surface area contributed by atoms with Crippen molar-refractivity contribution in [2.75, 3.05) is 26.9 Å². The highest BCUT2D eigenvalue weighted by molar-refractivity contribution is 6.04. The molecule has 3 rings (SSSR count). The fraction of sp³-hybridized carbons (Fsp3) is 0.269. The van der Waals surface area contributed by atoms with E-state index < -0.39 is 18.4 Å². The Kier molecular flexibility index (Phi) is 8.93. The van der Waals surface area contributed by atoms with Crippen molar-refractivity contribution in [2.24, 2.45) is 0 Å². The summed E-state index contributed by atoms with van der Waals surface area (Å²) in [6.07, 6.45) is -1.27. The van der Waals surface area contributed by atoms with Crippen molar-refractivity contribution in [3.8, 4) is 11.6 Å². The van der Waals surface area contributed by atoms with Crippen molar-refractivity contribution in [2.45, 2.75) is 20.8 Å². The molecule has 3 aromatic rings. The lowest BCUT2D eigenvalue weighted by Gasteiger charge is -2.13. The molecule has 1 heterocycles. The molecule has 0 fully saturated rings. The van der Waals surface area contributed by atoms with Crippen LogP contribution in [0.5, 0.6) is 11.6 Å². The summed E-state index contributed by atoms with van der Waals surface area (Å²) in [5, 5.41) is 0.453. The van der Waals surface area contributed by atoms with Gasteiger partial charge in [-0.2, -0.15) is 0 Å². The summed E-state index contributed by atoms with van der Waals surface area (Å²) < 4.78 is 32.4. The van der Waals surface area contributed by atoms with Crippen LogP contribution in [0, 0.1) is 0 Å². The normalized spacial score (nSPS) is 11.1. The first kappa shape index (κ1) is 26.1. The van der Waals surface area contributed by atoms with Gasteiger partial charge in [0.1, 0.15) is 11.5 Å². The third-order valence-electron chi connectivity index (χ3n) is 4.84. The highest BCUT2D eigenvalue weighted by Gasteiger charge is 2.30. The Morgan fingerprint density at radius 2 is 1.47 bits per heavy atom. The number of benzene rings is 2. The summed E-state index contributed by atoms with van der Waals surface area (Å²) in [5.41, 5.74) is 1.14. The van der Waals surface area contributed by atoms with Crippen molar-refractivity contribution < 1.29 is 42.8 Å². The molecule has 0 amide bonds. The van der Waals surface area contributed by atoms with Crippen molar-refractivity contribution in [1.29, 1.82) is 0 Å².